The Labute approximate surface area is 177 Å². The molecule has 6 heteroatoms. The second-order valence-electron chi connectivity index (χ2n) is 8.66. The summed E-state index contributed by atoms with van der Waals surface area (Å²) in [5.41, 5.74) is 6.40. The molecule has 152 valence electrons. The smallest absolute Gasteiger partial charge is 0.187 e. The van der Waals surface area contributed by atoms with Crippen molar-refractivity contribution >= 4 is 11.8 Å². The Morgan fingerprint density at radius 3 is 2.48 bits per heavy atom. The van der Waals surface area contributed by atoms with Crippen LogP contribution in [-0.2, 0) is 18.4 Å². The Bertz CT molecular complexity index is 954. The Hall–Kier alpha value is -2.18. The van der Waals surface area contributed by atoms with E-state index in [0.29, 0.717) is 6.04 Å². The predicted molar refractivity (Wildman–Crippen MR) is 119 cm³/mol. The molecule has 2 aromatic heterocycles. The third kappa shape index (κ3) is 4.38. The van der Waals surface area contributed by atoms with Crippen LogP contribution in [0.15, 0.2) is 48.0 Å². The third-order valence-corrected chi connectivity index (χ3v) is 6.15. The largest absolute Gasteiger partial charge is 0.306 e. The van der Waals surface area contributed by atoms with Crippen LogP contribution in [0.25, 0.3) is 5.69 Å². The van der Waals surface area contributed by atoms with Crippen LogP contribution in [0.2, 0.25) is 0 Å². The van der Waals surface area contributed by atoms with Crippen molar-refractivity contribution in [1.82, 2.24) is 25.1 Å². The van der Waals surface area contributed by atoms with E-state index in [-0.39, 0.29) is 5.41 Å². The fourth-order valence-electron chi connectivity index (χ4n) is 3.87. The minimum absolute atomic E-state index is 0.162. The summed E-state index contributed by atoms with van der Waals surface area (Å²) in [6.45, 7) is 7.50. The van der Waals surface area contributed by atoms with Gasteiger partial charge >= 0.3 is 0 Å². The lowest BCUT2D eigenvalue weighted by molar-refractivity contribution is 0.454. The molecule has 0 aliphatic heterocycles. The molecule has 0 radical (unpaired) electrons. The van der Waals surface area contributed by atoms with Crippen LogP contribution in [-0.4, -0.2) is 26.0 Å². The first kappa shape index (κ1) is 20.1. The van der Waals surface area contributed by atoms with Crippen molar-refractivity contribution in [2.45, 2.75) is 63.2 Å². The molecular weight excluding hydrogens is 378 g/mol. The number of hydrogen-bond acceptors (Lipinski definition) is 5. The predicted octanol–water partition coefficient (Wildman–Crippen LogP) is 4.85. The van der Waals surface area contributed by atoms with Crippen molar-refractivity contribution in [2.24, 2.45) is 0 Å². The van der Waals surface area contributed by atoms with Crippen LogP contribution >= 0.6 is 11.8 Å². The van der Waals surface area contributed by atoms with Gasteiger partial charge in [0.05, 0.1) is 11.9 Å². The molecule has 0 unspecified atom stereocenters. The van der Waals surface area contributed by atoms with Crippen molar-refractivity contribution in [3.05, 3.63) is 65.2 Å². The lowest BCUT2D eigenvalue weighted by Gasteiger charge is -2.24. The molecule has 5 nitrogen and oxygen atoms in total. The summed E-state index contributed by atoms with van der Waals surface area (Å²) < 4.78 is 2.12. The summed E-state index contributed by atoms with van der Waals surface area (Å²) in [6.07, 6.45) is 11.2. The first-order chi connectivity index (χ1) is 14.0. The zero-order valence-corrected chi connectivity index (χ0v) is 18.5. The van der Waals surface area contributed by atoms with E-state index in [1.54, 1.807) is 11.8 Å². The fourth-order valence-corrected chi connectivity index (χ4v) is 4.19. The first-order valence-electron chi connectivity index (χ1n) is 10.2. The van der Waals surface area contributed by atoms with E-state index in [2.05, 4.69) is 65.0 Å². The van der Waals surface area contributed by atoms with Gasteiger partial charge in [-0.05, 0) is 48.6 Å². The Morgan fingerprint density at radius 2 is 1.83 bits per heavy atom. The lowest BCUT2D eigenvalue weighted by Crippen LogP contribution is -2.25. The van der Waals surface area contributed by atoms with Gasteiger partial charge in [0, 0.05) is 41.8 Å². The molecule has 1 atom stereocenters. The molecule has 2 heterocycles. The van der Waals surface area contributed by atoms with Crippen molar-refractivity contribution in [2.75, 3.05) is 6.26 Å². The molecular formula is C23H29N5S. The van der Waals surface area contributed by atoms with E-state index in [9.17, 15) is 0 Å². The van der Waals surface area contributed by atoms with Gasteiger partial charge in [-0.3, -0.25) is 0 Å². The number of benzene rings is 1. The molecule has 1 N–H and O–H groups in total. The second-order valence-corrected chi connectivity index (χ2v) is 9.43. The van der Waals surface area contributed by atoms with Crippen LogP contribution in [0.5, 0.6) is 0 Å². The molecule has 0 bridgehead atoms. The van der Waals surface area contributed by atoms with Crippen LogP contribution in [0.4, 0.5) is 0 Å². The molecule has 1 aliphatic rings. The van der Waals surface area contributed by atoms with Gasteiger partial charge in [-0.2, -0.15) is 5.10 Å². The van der Waals surface area contributed by atoms with Gasteiger partial charge in [-0.25, -0.2) is 14.6 Å². The molecule has 0 fully saturated rings. The van der Waals surface area contributed by atoms with Gasteiger partial charge < -0.3 is 5.32 Å². The minimum Gasteiger partial charge on any atom is -0.306 e. The van der Waals surface area contributed by atoms with Crippen LogP contribution < -0.4 is 5.32 Å². The number of nitrogens with one attached hydrogen (secondary N) is 1. The van der Waals surface area contributed by atoms with Crippen molar-refractivity contribution in [3.8, 4) is 5.69 Å². The number of nitrogens with zero attached hydrogens (tertiary/aromatic N) is 4. The maximum Gasteiger partial charge on any atom is 0.187 e. The summed E-state index contributed by atoms with van der Waals surface area (Å²) in [4.78, 5) is 8.74. The molecule has 0 saturated carbocycles. The molecule has 0 spiro atoms. The quantitative estimate of drug-likeness (QED) is 0.484. The number of aromatic nitrogens is 4. The number of thioether (sulfide) groups is 1. The van der Waals surface area contributed by atoms with Crippen LogP contribution in [0.3, 0.4) is 0 Å². The van der Waals surface area contributed by atoms with E-state index < -0.39 is 0 Å². The van der Waals surface area contributed by atoms with E-state index >= 15 is 0 Å². The molecule has 3 aromatic rings. The number of hydrogen-bond donors (Lipinski definition) is 1. The van der Waals surface area contributed by atoms with Crippen molar-refractivity contribution < 1.29 is 0 Å². The average Bonchev–Trinajstić information content (AvgIpc) is 3.17. The summed E-state index contributed by atoms with van der Waals surface area (Å²) in [7, 11) is 0. The Morgan fingerprint density at radius 1 is 1.10 bits per heavy atom. The Balaban J connectivity index is 1.51. The average molecular weight is 408 g/mol. The zero-order valence-electron chi connectivity index (χ0n) is 17.6. The van der Waals surface area contributed by atoms with Crippen LogP contribution in [0, 0.1) is 0 Å². The number of fused-ring (bicyclic) bond motifs is 1. The standard InChI is InChI=1S/C23H29N5S/c1-23(2,3)17-8-10-18(11-9-17)28-21-7-5-6-20(19(21)15-27-28)24-12-16-13-25-22(29-4)26-14-16/h8-11,13-15,20,24H,5-7,12H2,1-4H3/t20-/m0/s1. The van der Waals surface area contributed by atoms with Gasteiger partial charge in [-0.15, -0.1) is 0 Å². The van der Waals surface area contributed by atoms with E-state index in [1.165, 1.54) is 23.2 Å². The zero-order chi connectivity index (χ0) is 20.4. The summed E-state index contributed by atoms with van der Waals surface area (Å²) in [5.74, 6) is 0. The highest BCUT2D eigenvalue weighted by molar-refractivity contribution is 7.98. The van der Waals surface area contributed by atoms with Crippen molar-refractivity contribution in [3.63, 3.8) is 0 Å². The highest BCUT2D eigenvalue weighted by atomic mass is 32.2. The van der Waals surface area contributed by atoms with E-state index in [4.69, 9.17) is 5.10 Å². The third-order valence-electron chi connectivity index (χ3n) is 5.58. The first-order valence-corrected chi connectivity index (χ1v) is 11.4. The summed E-state index contributed by atoms with van der Waals surface area (Å²) in [5, 5.41) is 9.23. The minimum atomic E-state index is 0.162. The molecule has 0 saturated heterocycles. The molecule has 1 aliphatic carbocycles. The maximum atomic E-state index is 4.74. The topological polar surface area (TPSA) is 55.6 Å². The van der Waals surface area contributed by atoms with Crippen LogP contribution in [0.1, 0.15) is 62.0 Å². The highest BCUT2D eigenvalue weighted by Crippen LogP contribution is 2.32. The van der Waals surface area contributed by atoms with Gasteiger partial charge in [0.25, 0.3) is 0 Å². The van der Waals surface area contributed by atoms with Gasteiger partial charge in [0.15, 0.2) is 5.16 Å². The molecule has 29 heavy (non-hydrogen) atoms. The summed E-state index contributed by atoms with van der Waals surface area (Å²) >= 11 is 1.56. The normalized spacial score (nSPS) is 16.6. The fraction of sp³-hybridized carbons (Fsp3) is 0.435. The van der Waals surface area contributed by atoms with Gasteiger partial charge in [0.1, 0.15) is 0 Å². The van der Waals surface area contributed by atoms with Crippen molar-refractivity contribution in [1.29, 1.82) is 0 Å². The maximum absolute atomic E-state index is 4.74. The summed E-state index contributed by atoms with van der Waals surface area (Å²) in [6, 6.07) is 9.15. The van der Waals surface area contributed by atoms with E-state index in [0.717, 1.165) is 35.8 Å². The molecule has 4 rings (SSSR count). The van der Waals surface area contributed by atoms with Gasteiger partial charge in [-0.1, -0.05) is 44.7 Å². The molecule has 1 aromatic carbocycles. The lowest BCUT2D eigenvalue weighted by atomic mass is 9.87. The Kier molecular flexibility index (Phi) is 5.74. The van der Waals surface area contributed by atoms with Gasteiger partial charge in [0.2, 0.25) is 0 Å². The number of rotatable bonds is 5. The molecule has 0 amide bonds. The monoisotopic (exact) mass is 407 g/mol. The second kappa shape index (κ2) is 8.28. The van der Waals surface area contributed by atoms with E-state index in [1.807, 2.05) is 24.8 Å². The highest BCUT2D eigenvalue weighted by Gasteiger charge is 2.24. The SMILES string of the molecule is CSc1ncc(CN[C@H]2CCCc3c2cnn3-c2ccc(C(C)(C)C)cc2)cn1.